The summed E-state index contributed by atoms with van der Waals surface area (Å²) in [5.41, 5.74) is 2.12. The standard InChI is InChI=1S/C18H23N3O2/c1-12(2)20-18(22)17-11-15(9-10-19-17)21-14-5-7-16(8-6-14)23-13(3)4/h5-13H,1-4H3,(H,19,21)(H,20,22). The molecule has 0 aliphatic rings. The maximum atomic E-state index is 12.0. The third-order valence-electron chi connectivity index (χ3n) is 2.93. The van der Waals surface area contributed by atoms with Gasteiger partial charge in [-0.15, -0.1) is 0 Å². The minimum Gasteiger partial charge on any atom is -0.491 e. The summed E-state index contributed by atoms with van der Waals surface area (Å²) < 4.78 is 5.62. The van der Waals surface area contributed by atoms with Crippen molar-refractivity contribution in [1.29, 1.82) is 0 Å². The number of carbonyl (C=O) groups is 1. The number of carbonyl (C=O) groups excluding carboxylic acids is 1. The van der Waals surface area contributed by atoms with Gasteiger partial charge < -0.3 is 15.4 Å². The van der Waals surface area contributed by atoms with Gasteiger partial charge in [-0.2, -0.15) is 0 Å². The van der Waals surface area contributed by atoms with Crippen LogP contribution in [0.5, 0.6) is 5.75 Å². The van der Waals surface area contributed by atoms with Gasteiger partial charge in [-0.05, 0) is 64.1 Å². The predicted octanol–water partition coefficient (Wildman–Crippen LogP) is 3.75. The van der Waals surface area contributed by atoms with Crippen LogP contribution in [0.2, 0.25) is 0 Å². The molecule has 0 saturated carbocycles. The summed E-state index contributed by atoms with van der Waals surface area (Å²) in [6.45, 7) is 7.82. The molecular weight excluding hydrogens is 290 g/mol. The lowest BCUT2D eigenvalue weighted by molar-refractivity contribution is 0.0938. The molecule has 1 amide bonds. The average Bonchev–Trinajstić information content (AvgIpc) is 2.48. The molecule has 0 radical (unpaired) electrons. The van der Waals surface area contributed by atoms with Crippen LogP contribution < -0.4 is 15.4 Å². The first-order valence-electron chi connectivity index (χ1n) is 7.74. The lowest BCUT2D eigenvalue weighted by atomic mass is 10.2. The van der Waals surface area contributed by atoms with E-state index in [0.717, 1.165) is 17.1 Å². The average molecular weight is 313 g/mol. The zero-order valence-electron chi connectivity index (χ0n) is 14.0. The van der Waals surface area contributed by atoms with Gasteiger partial charge in [-0.1, -0.05) is 0 Å². The largest absolute Gasteiger partial charge is 0.491 e. The van der Waals surface area contributed by atoms with Gasteiger partial charge in [0.25, 0.3) is 5.91 Å². The van der Waals surface area contributed by atoms with E-state index >= 15 is 0 Å². The van der Waals surface area contributed by atoms with E-state index in [2.05, 4.69) is 15.6 Å². The minimum atomic E-state index is -0.177. The summed E-state index contributed by atoms with van der Waals surface area (Å²) in [5, 5.41) is 6.09. The van der Waals surface area contributed by atoms with Crippen LogP contribution in [-0.4, -0.2) is 23.0 Å². The SMILES string of the molecule is CC(C)NC(=O)c1cc(Nc2ccc(OC(C)C)cc2)ccn1. The number of rotatable bonds is 6. The fraction of sp³-hybridized carbons (Fsp3) is 0.333. The Morgan fingerprint density at radius 1 is 1.04 bits per heavy atom. The second-order valence-electron chi connectivity index (χ2n) is 5.87. The maximum absolute atomic E-state index is 12.0. The zero-order valence-corrected chi connectivity index (χ0v) is 14.0. The molecule has 1 aromatic heterocycles. The number of anilines is 2. The number of nitrogens with one attached hydrogen (secondary N) is 2. The summed E-state index contributed by atoms with van der Waals surface area (Å²) in [4.78, 5) is 16.1. The zero-order chi connectivity index (χ0) is 16.8. The molecule has 0 saturated heterocycles. The molecule has 0 bridgehead atoms. The molecule has 122 valence electrons. The number of hydrogen-bond acceptors (Lipinski definition) is 4. The van der Waals surface area contributed by atoms with E-state index in [1.54, 1.807) is 12.3 Å². The number of ether oxygens (including phenoxy) is 1. The third-order valence-corrected chi connectivity index (χ3v) is 2.93. The van der Waals surface area contributed by atoms with Crippen LogP contribution in [0.25, 0.3) is 0 Å². The molecule has 0 aliphatic heterocycles. The van der Waals surface area contributed by atoms with E-state index in [4.69, 9.17) is 4.74 Å². The molecule has 2 aromatic rings. The Morgan fingerprint density at radius 2 is 1.74 bits per heavy atom. The first-order chi connectivity index (χ1) is 10.9. The van der Waals surface area contributed by atoms with Gasteiger partial charge in [-0.3, -0.25) is 9.78 Å². The number of aromatic nitrogens is 1. The maximum Gasteiger partial charge on any atom is 0.270 e. The fourth-order valence-corrected chi connectivity index (χ4v) is 2.02. The number of nitrogens with zero attached hydrogens (tertiary/aromatic N) is 1. The molecule has 0 fully saturated rings. The number of benzene rings is 1. The molecule has 1 aromatic carbocycles. The van der Waals surface area contributed by atoms with Crippen molar-refractivity contribution >= 4 is 17.3 Å². The number of hydrogen-bond donors (Lipinski definition) is 2. The Hall–Kier alpha value is -2.56. The van der Waals surface area contributed by atoms with Crippen LogP contribution in [0.4, 0.5) is 11.4 Å². The van der Waals surface area contributed by atoms with Crippen LogP contribution in [-0.2, 0) is 0 Å². The minimum absolute atomic E-state index is 0.0782. The Morgan fingerprint density at radius 3 is 2.35 bits per heavy atom. The number of pyridine rings is 1. The van der Waals surface area contributed by atoms with Gasteiger partial charge in [0.05, 0.1) is 6.10 Å². The highest BCUT2D eigenvalue weighted by Crippen LogP contribution is 2.21. The summed E-state index contributed by atoms with van der Waals surface area (Å²) in [7, 11) is 0. The second-order valence-corrected chi connectivity index (χ2v) is 5.87. The van der Waals surface area contributed by atoms with Crippen LogP contribution in [0.1, 0.15) is 38.2 Å². The van der Waals surface area contributed by atoms with Crippen molar-refractivity contribution in [3.05, 3.63) is 48.3 Å². The Labute approximate surface area is 137 Å². The number of amides is 1. The molecule has 2 rings (SSSR count). The molecule has 0 spiro atoms. The van der Waals surface area contributed by atoms with Crippen molar-refractivity contribution in [3.63, 3.8) is 0 Å². The molecule has 0 aliphatic carbocycles. The van der Waals surface area contributed by atoms with Crippen molar-refractivity contribution in [2.24, 2.45) is 0 Å². The Kier molecular flexibility index (Phi) is 5.57. The molecule has 5 nitrogen and oxygen atoms in total. The van der Waals surface area contributed by atoms with Gasteiger partial charge in [-0.25, -0.2) is 0 Å². The normalized spacial score (nSPS) is 10.7. The molecule has 23 heavy (non-hydrogen) atoms. The van der Waals surface area contributed by atoms with E-state index in [-0.39, 0.29) is 18.1 Å². The van der Waals surface area contributed by atoms with Crippen LogP contribution >= 0.6 is 0 Å². The van der Waals surface area contributed by atoms with Gasteiger partial charge in [0.15, 0.2) is 0 Å². The smallest absolute Gasteiger partial charge is 0.270 e. The van der Waals surface area contributed by atoms with Gasteiger partial charge in [0.1, 0.15) is 11.4 Å². The highest BCUT2D eigenvalue weighted by atomic mass is 16.5. The Bertz CT molecular complexity index is 652. The third kappa shape index (κ3) is 5.29. The second kappa shape index (κ2) is 7.63. The highest BCUT2D eigenvalue weighted by molar-refractivity contribution is 5.93. The molecular formula is C18H23N3O2. The first kappa shape index (κ1) is 16.8. The molecule has 0 unspecified atom stereocenters. The monoisotopic (exact) mass is 313 g/mol. The predicted molar refractivity (Wildman–Crippen MR) is 92.3 cm³/mol. The first-order valence-corrected chi connectivity index (χ1v) is 7.74. The molecule has 5 heteroatoms. The lowest BCUT2D eigenvalue weighted by Crippen LogP contribution is -2.30. The van der Waals surface area contributed by atoms with Crippen LogP contribution in [0.3, 0.4) is 0 Å². The highest BCUT2D eigenvalue weighted by Gasteiger charge is 2.09. The summed E-state index contributed by atoms with van der Waals surface area (Å²) in [6, 6.07) is 11.3. The molecule has 2 N–H and O–H groups in total. The van der Waals surface area contributed by atoms with Gasteiger partial charge >= 0.3 is 0 Å². The van der Waals surface area contributed by atoms with Crippen molar-refractivity contribution in [3.8, 4) is 5.75 Å². The van der Waals surface area contributed by atoms with Crippen molar-refractivity contribution in [2.75, 3.05) is 5.32 Å². The van der Waals surface area contributed by atoms with Crippen molar-refractivity contribution < 1.29 is 9.53 Å². The quantitative estimate of drug-likeness (QED) is 0.852. The molecule has 0 atom stereocenters. The summed E-state index contributed by atoms with van der Waals surface area (Å²) >= 11 is 0. The van der Waals surface area contributed by atoms with E-state index in [1.807, 2.05) is 58.0 Å². The van der Waals surface area contributed by atoms with E-state index in [1.165, 1.54) is 0 Å². The van der Waals surface area contributed by atoms with E-state index in [0.29, 0.717) is 5.69 Å². The lowest BCUT2D eigenvalue weighted by Gasteiger charge is -2.12. The van der Waals surface area contributed by atoms with Gasteiger partial charge in [0, 0.05) is 23.6 Å². The topological polar surface area (TPSA) is 63.2 Å². The van der Waals surface area contributed by atoms with E-state index in [9.17, 15) is 4.79 Å². The fourth-order valence-electron chi connectivity index (χ4n) is 2.02. The Balaban J connectivity index is 2.06. The van der Waals surface area contributed by atoms with Crippen molar-refractivity contribution in [1.82, 2.24) is 10.3 Å². The van der Waals surface area contributed by atoms with Crippen LogP contribution in [0, 0.1) is 0 Å². The van der Waals surface area contributed by atoms with Crippen LogP contribution in [0.15, 0.2) is 42.6 Å². The van der Waals surface area contributed by atoms with Crippen molar-refractivity contribution in [2.45, 2.75) is 39.8 Å². The van der Waals surface area contributed by atoms with Gasteiger partial charge in [0.2, 0.25) is 0 Å². The molecule has 1 heterocycles. The summed E-state index contributed by atoms with van der Waals surface area (Å²) in [5.74, 6) is 0.654. The summed E-state index contributed by atoms with van der Waals surface area (Å²) in [6.07, 6.45) is 1.77. The van der Waals surface area contributed by atoms with E-state index < -0.39 is 0 Å².